The molecule has 0 saturated heterocycles. The quantitative estimate of drug-likeness (QED) is 0.295. The number of esters is 2. The lowest BCUT2D eigenvalue weighted by Gasteiger charge is -2.17. The molecule has 0 radical (unpaired) electrons. The topological polar surface area (TPSA) is 78.8 Å². The number of carbonyl (C=O) groups excluding carboxylic acids is 2. The van der Waals surface area contributed by atoms with Crippen LogP contribution in [0.4, 0.5) is 0 Å². The van der Waals surface area contributed by atoms with E-state index in [2.05, 4.69) is 9.13 Å². The Morgan fingerprint density at radius 3 is 2.29 bits per heavy atom. The summed E-state index contributed by atoms with van der Waals surface area (Å²) < 4.78 is 18.4. The van der Waals surface area contributed by atoms with Crippen molar-refractivity contribution in [2.75, 3.05) is 0 Å². The van der Waals surface area contributed by atoms with E-state index in [1.807, 2.05) is 0 Å². The van der Waals surface area contributed by atoms with Gasteiger partial charge in [0.15, 0.2) is 6.21 Å². The smallest absolute Gasteiger partial charge is 0.361 e. The van der Waals surface area contributed by atoms with Crippen LogP contribution in [0.15, 0.2) is 4.40 Å². The molecule has 0 spiro atoms. The van der Waals surface area contributed by atoms with Gasteiger partial charge in [0.1, 0.15) is 16.1 Å². The molecule has 14 heavy (non-hydrogen) atoms. The second kappa shape index (κ2) is 5.11. The summed E-state index contributed by atoms with van der Waals surface area (Å²) in [6.07, 6.45) is 0.753. The second-order valence-electron chi connectivity index (χ2n) is 3.51. The molecule has 0 aliphatic carbocycles. The molecule has 80 valence electrons. The average Bonchev–Trinajstić information content (AvgIpc) is 1.96. The van der Waals surface area contributed by atoms with E-state index in [1.54, 1.807) is 20.8 Å². The summed E-state index contributed by atoms with van der Waals surface area (Å²) >= 11 is -1.52. The van der Waals surface area contributed by atoms with Crippen molar-refractivity contribution in [2.45, 2.75) is 32.4 Å². The number of nitrogens with zero attached hydrogens (tertiary/aromatic N) is 1. The third-order valence-corrected chi connectivity index (χ3v) is 2.37. The van der Waals surface area contributed by atoms with Gasteiger partial charge in [-0.2, -0.15) is 0 Å². The first-order valence-electron chi connectivity index (χ1n) is 3.92. The lowest BCUT2D eigenvalue weighted by atomic mass is 10.3. The lowest BCUT2D eigenvalue weighted by molar-refractivity contribution is -0.152. The van der Waals surface area contributed by atoms with Crippen molar-refractivity contribution >= 4 is 29.5 Å². The molecular weight excluding hydrogens is 206 g/mol. The van der Waals surface area contributed by atoms with Crippen LogP contribution in [0.25, 0.3) is 0 Å². The predicted molar refractivity (Wildman–Crippen MR) is 53.2 cm³/mol. The Hall–Kier alpha value is -0.880. The van der Waals surface area contributed by atoms with Gasteiger partial charge >= 0.3 is 11.9 Å². The molecule has 6 heteroatoms. The van der Waals surface area contributed by atoms with E-state index >= 15 is 0 Å². The van der Waals surface area contributed by atoms with Gasteiger partial charge < -0.3 is 9.29 Å². The largest absolute Gasteiger partial charge is 0.591 e. The molecule has 0 heterocycles. The number of hydrogen-bond donors (Lipinski definition) is 0. The molecule has 0 N–H and O–H groups in total. The fourth-order valence-corrected chi connectivity index (χ4v) is 0.915. The molecule has 0 fully saturated rings. The highest BCUT2D eigenvalue weighted by molar-refractivity contribution is 7.91. The zero-order valence-electron chi connectivity index (χ0n) is 8.57. The molecular formula is C8H13NO4S. The van der Waals surface area contributed by atoms with E-state index < -0.39 is 28.0 Å². The third kappa shape index (κ3) is 5.71. The van der Waals surface area contributed by atoms with Crippen molar-refractivity contribution in [2.24, 2.45) is 4.40 Å². The zero-order chi connectivity index (χ0) is 11.4. The molecule has 0 aromatic heterocycles. The molecule has 0 aromatic carbocycles. The van der Waals surface area contributed by atoms with Crippen LogP contribution in [-0.2, 0) is 25.7 Å². The minimum absolute atomic E-state index is 0.535. The Balaban J connectivity index is 4.18. The standard InChI is InChI=1S/C8H13NO4S/c1-6(10)13-7(11)5-9-14(12)8(2,3)4/h5H,1-4H3. The van der Waals surface area contributed by atoms with Crippen LogP contribution < -0.4 is 0 Å². The van der Waals surface area contributed by atoms with Gasteiger partial charge in [0, 0.05) is 6.92 Å². The minimum atomic E-state index is -1.52. The van der Waals surface area contributed by atoms with Crippen molar-refractivity contribution < 1.29 is 18.9 Å². The summed E-state index contributed by atoms with van der Waals surface area (Å²) in [5, 5.41) is 0. The van der Waals surface area contributed by atoms with Crippen LogP contribution in [0.3, 0.4) is 0 Å². The van der Waals surface area contributed by atoms with Crippen molar-refractivity contribution in [3.8, 4) is 0 Å². The summed E-state index contributed by atoms with van der Waals surface area (Å²) in [5.41, 5.74) is 0. The van der Waals surface area contributed by atoms with Crippen molar-refractivity contribution in [3.63, 3.8) is 0 Å². The van der Waals surface area contributed by atoms with Crippen LogP contribution in [0.1, 0.15) is 27.7 Å². The van der Waals surface area contributed by atoms with Crippen LogP contribution in [-0.4, -0.2) is 27.5 Å². The SMILES string of the molecule is CC(=O)OC(=O)C=N[S+]([O-])C(C)(C)C. The second-order valence-corrected chi connectivity index (χ2v) is 5.44. The molecule has 0 aliphatic heterocycles. The molecule has 0 amide bonds. The minimum Gasteiger partial charge on any atom is -0.591 e. The number of ether oxygens (including phenoxy) is 1. The number of hydrogen-bond acceptors (Lipinski definition) is 5. The van der Waals surface area contributed by atoms with E-state index in [0.29, 0.717) is 0 Å². The van der Waals surface area contributed by atoms with Crippen molar-refractivity contribution in [1.82, 2.24) is 0 Å². The average molecular weight is 219 g/mol. The maximum Gasteiger partial charge on any atom is 0.361 e. The number of rotatable bonds is 2. The summed E-state index contributed by atoms with van der Waals surface area (Å²) in [6, 6.07) is 0. The molecule has 0 saturated carbocycles. The van der Waals surface area contributed by atoms with Gasteiger partial charge in [-0.1, -0.05) is 4.40 Å². The Labute approximate surface area is 85.9 Å². The highest BCUT2D eigenvalue weighted by atomic mass is 32.2. The molecule has 0 aromatic rings. The first kappa shape index (κ1) is 13.1. The summed E-state index contributed by atoms with van der Waals surface area (Å²) in [5.74, 6) is -1.63. The molecule has 0 bridgehead atoms. The molecule has 1 unspecified atom stereocenters. The van der Waals surface area contributed by atoms with Gasteiger partial charge in [-0.05, 0) is 20.8 Å². The van der Waals surface area contributed by atoms with Gasteiger partial charge in [-0.3, -0.25) is 4.79 Å². The van der Waals surface area contributed by atoms with Crippen LogP contribution in [0.2, 0.25) is 0 Å². The highest BCUT2D eigenvalue weighted by Crippen LogP contribution is 2.16. The van der Waals surface area contributed by atoms with Crippen LogP contribution >= 0.6 is 0 Å². The van der Waals surface area contributed by atoms with E-state index in [9.17, 15) is 14.1 Å². The Morgan fingerprint density at radius 2 is 1.93 bits per heavy atom. The van der Waals surface area contributed by atoms with Gasteiger partial charge in [0.2, 0.25) is 0 Å². The fourth-order valence-electron chi connectivity index (χ4n) is 0.417. The Bertz CT molecular complexity index is 257. The zero-order valence-corrected chi connectivity index (χ0v) is 9.38. The summed E-state index contributed by atoms with van der Waals surface area (Å²) in [4.78, 5) is 21.1. The summed E-state index contributed by atoms with van der Waals surface area (Å²) in [7, 11) is 0. The van der Waals surface area contributed by atoms with E-state index in [1.165, 1.54) is 0 Å². The Morgan fingerprint density at radius 1 is 1.43 bits per heavy atom. The first-order valence-corrected chi connectivity index (χ1v) is 5.02. The van der Waals surface area contributed by atoms with Gasteiger partial charge in [0.25, 0.3) is 0 Å². The fraction of sp³-hybridized carbons (Fsp3) is 0.625. The van der Waals surface area contributed by atoms with Gasteiger partial charge in [-0.15, -0.1) is 0 Å². The van der Waals surface area contributed by atoms with Gasteiger partial charge in [0.05, 0.1) is 0 Å². The molecule has 1 atom stereocenters. The normalized spacial score (nSPS) is 14.1. The summed E-state index contributed by atoms with van der Waals surface area (Å²) in [6.45, 7) is 6.26. The van der Waals surface area contributed by atoms with E-state index in [-0.39, 0.29) is 0 Å². The highest BCUT2D eigenvalue weighted by Gasteiger charge is 2.26. The van der Waals surface area contributed by atoms with Crippen molar-refractivity contribution in [1.29, 1.82) is 0 Å². The monoisotopic (exact) mass is 219 g/mol. The predicted octanol–water partition coefficient (Wildman–Crippen LogP) is 0.609. The first-order chi connectivity index (χ1) is 6.23. The van der Waals surface area contributed by atoms with Crippen molar-refractivity contribution in [3.05, 3.63) is 0 Å². The molecule has 0 aliphatic rings. The number of carbonyl (C=O) groups is 2. The van der Waals surface area contributed by atoms with Crippen LogP contribution in [0, 0.1) is 0 Å². The molecule has 0 rings (SSSR count). The van der Waals surface area contributed by atoms with E-state index in [4.69, 9.17) is 0 Å². The maximum absolute atomic E-state index is 11.3. The molecule has 5 nitrogen and oxygen atoms in total. The maximum atomic E-state index is 11.3. The van der Waals surface area contributed by atoms with E-state index in [0.717, 1.165) is 13.1 Å². The Kier molecular flexibility index (Phi) is 4.79. The third-order valence-electron chi connectivity index (χ3n) is 1.02. The lowest BCUT2D eigenvalue weighted by Crippen LogP contribution is -2.26. The van der Waals surface area contributed by atoms with Gasteiger partial charge in [-0.25, -0.2) is 4.79 Å². The van der Waals surface area contributed by atoms with Crippen LogP contribution in [0.5, 0.6) is 0 Å².